The second-order valence-corrected chi connectivity index (χ2v) is 21.3. The average Bonchev–Trinajstić information content (AvgIpc) is 3.87. The first-order valence-electron chi connectivity index (χ1n) is 22.7. The number of hydrogen-bond donors (Lipinski definition) is 0. The Hall–Kier alpha value is -7.20. The Morgan fingerprint density at radius 3 is 1.51 bits per heavy atom. The molecule has 1 aliphatic carbocycles. The van der Waals surface area contributed by atoms with E-state index in [2.05, 4.69) is 234 Å². The number of benzene rings is 9. The molecule has 1 saturated carbocycles. The second kappa shape index (κ2) is 15.6. The molecule has 0 N–H and O–H groups in total. The molecule has 9 aromatic carbocycles. The summed E-state index contributed by atoms with van der Waals surface area (Å²) in [5, 5.41) is 10.6. The molecule has 2 heterocycles. The van der Waals surface area contributed by atoms with E-state index in [9.17, 15) is 0 Å². The van der Waals surface area contributed by atoms with E-state index >= 15 is 0 Å². The minimum Gasteiger partial charge on any atom is -0.309 e. The maximum Gasteiger partial charge on any atom is 0.179 e. The zero-order valence-corrected chi connectivity index (χ0v) is 36.4. The van der Waals surface area contributed by atoms with Gasteiger partial charge in [0.05, 0.1) is 27.8 Å². The van der Waals surface area contributed by atoms with Crippen LogP contribution in [0.5, 0.6) is 0 Å². The lowest BCUT2D eigenvalue weighted by Crippen LogP contribution is -2.74. The van der Waals surface area contributed by atoms with Crippen LogP contribution in [0.2, 0.25) is 0 Å². The Kier molecular flexibility index (Phi) is 9.30. The van der Waals surface area contributed by atoms with Gasteiger partial charge in [-0.25, -0.2) is 0 Å². The van der Waals surface area contributed by atoms with Crippen LogP contribution in [0.25, 0.3) is 66.1 Å². The molecular weight excluding hydrogens is 777 g/mol. The van der Waals surface area contributed by atoms with E-state index < -0.39 is 8.07 Å². The Bertz CT molecular complexity index is 3330. The first-order chi connectivity index (χ1) is 31.3. The number of nitrogens with zero attached hydrogens (tertiary/aromatic N) is 2. The normalized spacial score (nSPS) is 13.7. The summed E-state index contributed by atoms with van der Waals surface area (Å²) in [7, 11) is -2.74. The molecule has 0 unspecified atom stereocenters. The van der Waals surface area contributed by atoms with Crippen LogP contribution < -0.4 is 20.7 Å². The highest BCUT2D eigenvalue weighted by Gasteiger charge is 2.41. The summed E-state index contributed by atoms with van der Waals surface area (Å²) in [6.45, 7) is 0. The molecule has 0 spiro atoms. The molecule has 0 amide bonds. The number of hydrogen-bond acceptors (Lipinski definition) is 0. The predicted molar refractivity (Wildman–Crippen MR) is 270 cm³/mol. The summed E-state index contributed by atoms with van der Waals surface area (Å²) in [5.41, 5.74) is 11.2. The molecule has 0 aliphatic heterocycles. The summed E-state index contributed by atoms with van der Waals surface area (Å²) in [5.74, 6) is 0.635. The zero-order chi connectivity index (χ0) is 41.7. The second-order valence-electron chi connectivity index (χ2n) is 17.5. The first-order valence-corrected chi connectivity index (χ1v) is 24.7. The number of fused-ring (bicyclic) bond motifs is 6. The molecule has 0 atom stereocenters. The third-order valence-electron chi connectivity index (χ3n) is 14.1. The van der Waals surface area contributed by atoms with E-state index in [0.29, 0.717) is 5.92 Å². The topological polar surface area (TPSA) is 9.86 Å². The molecule has 1 aliphatic rings. The SMILES string of the molecule is c1ccc([Si](c2ccccc2)(c2ccccc2)c2cccc(-c3ccccc3-n3c4ccccc4c4ccc(-n5c6ccccc6c6ccc(C7CCCCC7)cc65)cc43)c2)cc1. The van der Waals surface area contributed by atoms with Crippen molar-refractivity contribution in [2.75, 3.05) is 0 Å². The smallest absolute Gasteiger partial charge is 0.179 e. The third-order valence-corrected chi connectivity index (χ3v) is 18.8. The molecule has 302 valence electrons. The largest absolute Gasteiger partial charge is 0.309 e. The fourth-order valence-electron chi connectivity index (χ4n) is 11.2. The Balaban J connectivity index is 1.08. The monoisotopic (exact) mass is 824 g/mol. The van der Waals surface area contributed by atoms with E-state index in [-0.39, 0.29) is 0 Å². The van der Waals surface area contributed by atoms with E-state index in [1.165, 1.54) is 125 Å². The Labute approximate surface area is 370 Å². The van der Waals surface area contributed by atoms with Crippen LogP contribution in [-0.4, -0.2) is 17.2 Å². The molecule has 2 nitrogen and oxygen atoms in total. The Morgan fingerprint density at radius 2 is 0.857 bits per heavy atom. The van der Waals surface area contributed by atoms with Crippen LogP contribution in [0.3, 0.4) is 0 Å². The molecule has 0 saturated heterocycles. The molecule has 3 heteroatoms. The van der Waals surface area contributed by atoms with Gasteiger partial charge in [-0.15, -0.1) is 0 Å². The van der Waals surface area contributed by atoms with E-state index in [1.807, 2.05) is 0 Å². The van der Waals surface area contributed by atoms with Crippen LogP contribution >= 0.6 is 0 Å². The summed E-state index contributed by atoms with van der Waals surface area (Å²) < 4.78 is 5.04. The van der Waals surface area contributed by atoms with Gasteiger partial charge >= 0.3 is 0 Å². The van der Waals surface area contributed by atoms with E-state index in [1.54, 1.807) is 0 Å². The maximum atomic E-state index is 2.52. The third kappa shape index (κ3) is 6.13. The van der Waals surface area contributed by atoms with Gasteiger partial charge in [0.1, 0.15) is 0 Å². The molecule has 1 fully saturated rings. The molecule has 63 heavy (non-hydrogen) atoms. The summed E-state index contributed by atoms with van der Waals surface area (Å²) in [6, 6.07) is 84.5. The number of rotatable bonds is 8. The molecular formula is C60H48N2Si. The lowest BCUT2D eigenvalue weighted by Gasteiger charge is -2.34. The summed E-state index contributed by atoms with van der Waals surface area (Å²) in [4.78, 5) is 0. The van der Waals surface area contributed by atoms with Gasteiger partial charge in [0.2, 0.25) is 0 Å². The quantitative estimate of drug-likeness (QED) is 0.107. The minimum atomic E-state index is -2.74. The molecule has 11 aromatic rings. The molecule has 2 aromatic heterocycles. The van der Waals surface area contributed by atoms with Gasteiger partial charge in [0.25, 0.3) is 0 Å². The van der Waals surface area contributed by atoms with Gasteiger partial charge in [-0.3, -0.25) is 0 Å². The van der Waals surface area contributed by atoms with Gasteiger partial charge in [0, 0.05) is 32.8 Å². The first kappa shape index (κ1) is 37.5. The summed E-state index contributed by atoms with van der Waals surface area (Å²) >= 11 is 0. The zero-order valence-electron chi connectivity index (χ0n) is 35.4. The van der Waals surface area contributed by atoms with Crippen molar-refractivity contribution < 1.29 is 0 Å². The van der Waals surface area contributed by atoms with E-state index in [4.69, 9.17) is 0 Å². The Morgan fingerprint density at radius 1 is 0.349 bits per heavy atom. The van der Waals surface area contributed by atoms with Crippen molar-refractivity contribution in [2.24, 2.45) is 0 Å². The van der Waals surface area contributed by atoms with Gasteiger partial charge in [0.15, 0.2) is 8.07 Å². The maximum absolute atomic E-state index is 2.74. The summed E-state index contributed by atoms with van der Waals surface area (Å²) in [6.07, 6.45) is 6.59. The van der Waals surface area contributed by atoms with Crippen LogP contribution in [0.15, 0.2) is 224 Å². The molecule has 0 radical (unpaired) electrons. The van der Waals surface area contributed by atoms with Gasteiger partial charge in [-0.05, 0) is 87.0 Å². The highest BCUT2D eigenvalue weighted by Crippen LogP contribution is 2.41. The van der Waals surface area contributed by atoms with Crippen LogP contribution in [0, 0.1) is 0 Å². The van der Waals surface area contributed by atoms with Gasteiger partial charge in [-0.2, -0.15) is 0 Å². The lowest BCUT2D eigenvalue weighted by atomic mass is 9.84. The molecule has 0 bridgehead atoms. The highest BCUT2D eigenvalue weighted by molar-refractivity contribution is 7.19. The van der Waals surface area contributed by atoms with E-state index in [0.717, 1.165) is 0 Å². The van der Waals surface area contributed by atoms with Crippen LogP contribution in [0.1, 0.15) is 43.6 Å². The van der Waals surface area contributed by atoms with Crippen molar-refractivity contribution in [3.05, 3.63) is 230 Å². The standard InChI is InChI=1S/C60H48N2Si/c1-5-20-43(21-6-1)44-36-38-54-52-31-14-17-34-57(52)61(59(54)41-44)46-37-39-55-53-32-15-18-35-58(53)62(60(55)42-46)56-33-16-13-30-51(56)45-22-19-29-50(40-45)63(47-23-7-2-8-24-47,48-25-9-3-10-26-48)49-27-11-4-12-28-49/h2-4,7-19,22-43H,1,5-6,20-21H2. The minimum absolute atomic E-state index is 0.635. The van der Waals surface area contributed by atoms with Crippen molar-refractivity contribution in [3.63, 3.8) is 0 Å². The van der Waals surface area contributed by atoms with Crippen molar-refractivity contribution >= 4 is 72.4 Å². The van der Waals surface area contributed by atoms with Gasteiger partial charge < -0.3 is 9.13 Å². The van der Waals surface area contributed by atoms with Crippen molar-refractivity contribution in [2.45, 2.75) is 38.0 Å². The van der Waals surface area contributed by atoms with Crippen LogP contribution in [-0.2, 0) is 0 Å². The van der Waals surface area contributed by atoms with Crippen LogP contribution in [0.4, 0.5) is 0 Å². The fraction of sp³-hybridized carbons (Fsp3) is 0.100. The number of para-hydroxylation sites is 3. The predicted octanol–water partition coefficient (Wildman–Crippen LogP) is 13.0. The average molecular weight is 825 g/mol. The van der Waals surface area contributed by atoms with Crippen molar-refractivity contribution in [1.82, 2.24) is 9.13 Å². The van der Waals surface area contributed by atoms with Gasteiger partial charge in [-0.1, -0.05) is 207 Å². The lowest BCUT2D eigenvalue weighted by molar-refractivity contribution is 0.444. The van der Waals surface area contributed by atoms with Crippen molar-refractivity contribution in [1.29, 1.82) is 0 Å². The highest BCUT2D eigenvalue weighted by atomic mass is 28.3. The molecule has 12 rings (SSSR count). The number of aromatic nitrogens is 2. The van der Waals surface area contributed by atoms with Crippen molar-refractivity contribution in [3.8, 4) is 22.5 Å². The fourth-order valence-corrected chi connectivity index (χ4v) is 16.0.